The van der Waals surface area contributed by atoms with Crippen LogP contribution in [0, 0.1) is 0 Å². The van der Waals surface area contributed by atoms with Gasteiger partial charge < -0.3 is 15.0 Å². The quantitative estimate of drug-likeness (QED) is 0.476. The molecule has 0 bridgehead atoms. The lowest BCUT2D eigenvalue weighted by Crippen LogP contribution is -2.23. The lowest BCUT2D eigenvalue weighted by Gasteiger charge is -2.15. The van der Waals surface area contributed by atoms with Crippen molar-refractivity contribution in [1.82, 2.24) is 9.88 Å². The van der Waals surface area contributed by atoms with Crippen LogP contribution < -0.4 is 10.1 Å². The summed E-state index contributed by atoms with van der Waals surface area (Å²) in [5.41, 5.74) is 2.14. The molecule has 0 unspecified atom stereocenters. The Labute approximate surface area is 207 Å². The maximum Gasteiger partial charge on any atom is 0.257 e. The van der Waals surface area contributed by atoms with Gasteiger partial charge in [0.05, 0.1) is 18.7 Å². The molecular weight excluding hydrogens is 475 g/mol. The number of halogens is 2. The molecule has 4 rings (SSSR count). The molecule has 0 saturated heterocycles. The van der Waals surface area contributed by atoms with Gasteiger partial charge in [-0.2, -0.15) is 0 Å². The number of aliphatic imine (C=N–C) groups is 1. The summed E-state index contributed by atoms with van der Waals surface area (Å²) in [6, 6.07) is 13.6. The van der Waals surface area contributed by atoms with Crippen LogP contribution in [0.3, 0.4) is 0 Å². The number of benzene rings is 2. The summed E-state index contributed by atoms with van der Waals surface area (Å²) < 4.78 is 5.45. The van der Waals surface area contributed by atoms with Gasteiger partial charge in [-0.3, -0.25) is 14.6 Å². The van der Waals surface area contributed by atoms with Gasteiger partial charge in [-0.15, -0.1) is 0 Å². The molecule has 174 valence electrons. The van der Waals surface area contributed by atoms with Crippen LogP contribution in [0.5, 0.6) is 5.75 Å². The number of hydrogen-bond acceptors (Lipinski definition) is 6. The minimum atomic E-state index is -0.462. The molecule has 1 aliphatic rings. The fourth-order valence-electron chi connectivity index (χ4n) is 3.72. The third kappa shape index (κ3) is 5.21. The molecule has 2 aromatic carbocycles. The average molecular weight is 497 g/mol. The van der Waals surface area contributed by atoms with E-state index in [1.807, 2.05) is 19.2 Å². The molecule has 1 aliphatic heterocycles. The Morgan fingerprint density at radius 2 is 1.85 bits per heavy atom. The number of anilines is 1. The summed E-state index contributed by atoms with van der Waals surface area (Å²) in [5, 5.41) is 3.47. The van der Waals surface area contributed by atoms with Gasteiger partial charge in [0, 0.05) is 53.5 Å². The van der Waals surface area contributed by atoms with Crippen LogP contribution in [0.15, 0.2) is 59.7 Å². The van der Waals surface area contributed by atoms with Gasteiger partial charge in [0.15, 0.2) is 5.78 Å². The molecule has 0 fully saturated rings. The summed E-state index contributed by atoms with van der Waals surface area (Å²) in [5.74, 6) is 0.964. The molecule has 1 amide bonds. The molecule has 7 nitrogen and oxygen atoms in total. The molecule has 0 saturated carbocycles. The number of carbonyl (C=O) groups excluding carboxylic acids is 2. The normalized spacial score (nSPS) is 12.9. The largest absolute Gasteiger partial charge is 0.496 e. The third-order valence-corrected chi connectivity index (χ3v) is 5.91. The summed E-state index contributed by atoms with van der Waals surface area (Å²) in [6.07, 6.45) is 1.38. The summed E-state index contributed by atoms with van der Waals surface area (Å²) >= 11 is 12.1. The van der Waals surface area contributed by atoms with Crippen molar-refractivity contribution in [3.63, 3.8) is 0 Å². The van der Waals surface area contributed by atoms with E-state index in [9.17, 15) is 9.59 Å². The van der Waals surface area contributed by atoms with Crippen molar-refractivity contribution in [2.45, 2.75) is 6.42 Å². The van der Waals surface area contributed by atoms with Gasteiger partial charge in [0.2, 0.25) is 0 Å². The molecule has 2 heterocycles. The number of Topliss-reactive ketones (excluding diaryl/α,β-unsaturated/α-hetero) is 1. The molecule has 1 aromatic heterocycles. The number of ketones is 1. The van der Waals surface area contributed by atoms with Crippen LogP contribution in [0.1, 0.15) is 31.8 Å². The van der Waals surface area contributed by atoms with Crippen molar-refractivity contribution in [1.29, 1.82) is 0 Å². The first-order chi connectivity index (χ1) is 16.4. The number of nitrogens with one attached hydrogen (secondary N) is 1. The van der Waals surface area contributed by atoms with E-state index in [4.69, 9.17) is 27.9 Å². The Bertz CT molecular complexity index is 1260. The lowest BCUT2D eigenvalue weighted by molar-refractivity contribution is 0.0991. The Balaban J connectivity index is 1.59. The second kappa shape index (κ2) is 10.2. The van der Waals surface area contributed by atoms with Gasteiger partial charge in [-0.25, -0.2) is 4.98 Å². The van der Waals surface area contributed by atoms with E-state index in [0.29, 0.717) is 32.7 Å². The summed E-state index contributed by atoms with van der Waals surface area (Å²) in [7, 11) is 3.46. The highest BCUT2D eigenvalue weighted by atomic mass is 35.5. The Hall–Kier alpha value is -3.42. The molecule has 0 spiro atoms. The van der Waals surface area contributed by atoms with Crippen molar-refractivity contribution in [2.24, 2.45) is 4.99 Å². The Kier molecular flexibility index (Phi) is 7.14. The summed E-state index contributed by atoms with van der Waals surface area (Å²) in [4.78, 5) is 36.9. The van der Waals surface area contributed by atoms with Crippen molar-refractivity contribution in [2.75, 3.05) is 32.6 Å². The molecule has 1 N–H and O–H groups in total. The fraction of sp³-hybridized carbons (Fsp3) is 0.200. The number of ether oxygens (including phenoxy) is 1. The maximum absolute atomic E-state index is 13.1. The van der Waals surface area contributed by atoms with E-state index in [-0.39, 0.29) is 17.8 Å². The highest BCUT2D eigenvalue weighted by molar-refractivity contribution is 6.31. The number of hydrogen-bond donors (Lipinski definition) is 1. The first-order valence-electron chi connectivity index (χ1n) is 10.5. The Morgan fingerprint density at radius 1 is 1.09 bits per heavy atom. The molecule has 0 atom stereocenters. The van der Waals surface area contributed by atoms with Gasteiger partial charge in [-0.05, 0) is 24.3 Å². The molecule has 0 aliphatic carbocycles. The lowest BCUT2D eigenvalue weighted by atomic mass is 9.96. The number of rotatable bonds is 7. The minimum Gasteiger partial charge on any atom is -0.496 e. The fourth-order valence-corrected chi connectivity index (χ4v) is 4.04. The number of amides is 1. The van der Waals surface area contributed by atoms with Crippen molar-refractivity contribution < 1.29 is 14.3 Å². The van der Waals surface area contributed by atoms with Crippen LogP contribution in [0.2, 0.25) is 10.0 Å². The van der Waals surface area contributed by atoms with Crippen molar-refractivity contribution in [3.8, 4) is 5.75 Å². The van der Waals surface area contributed by atoms with Gasteiger partial charge >= 0.3 is 0 Å². The molecule has 3 aromatic rings. The molecule has 34 heavy (non-hydrogen) atoms. The van der Waals surface area contributed by atoms with Crippen LogP contribution in [-0.2, 0) is 6.42 Å². The van der Waals surface area contributed by atoms with Gasteiger partial charge in [-0.1, -0.05) is 47.5 Å². The standard InChI is InChI=1S/C25H22Cl2N4O3/c1-31-10-9-28-24(31)16-5-3-15(4-6-16)21(32)13-19-20(11-18(27)12-22(19)34-2)25(33)30-23-8-7-17(26)14-29-23/h3-8,11-12,14H,9-10,13H2,1-2H3,(H,29,30,33). The zero-order chi connectivity index (χ0) is 24.2. The molecule has 9 heteroatoms. The van der Waals surface area contributed by atoms with Crippen molar-refractivity contribution in [3.05, 3.63) is 87.0 Å². The van der Waals surface area contributed by atoms with E-state index in [2.05, 4.69) is 20.2 Å². The maximum atomic E-state index is 13.1. The van der Waals surface area contributed by atoms with E-state index in [1.165, 1.54) is 19.4 Å². The SMILES string of the molecule is COc1cc(Cl)cc(C(=O)Nc2ccc(Cl)cn2)c1CC(=O)c1ccc(C2=NCCN2C)cc1. The second-order valence-electron chi connectivity index (χ2n) is 7.75. The highest BCUT2D eigenvalue weighted by Gasteiger charge is 2.22. The number of nitrogens with zero attached hydrogens (tertiary/aromatic N) is 3. The zero-order valence-corrected chi connectivity index (χ0v) is 20.2. The number of amidine groups is 1. The van der Waals surface area contributed by atoms with Gasteiger partial charge in [0.25, 0.3) is 5.91 Å². The van der Waals surface area contributed by atoms with Crippen LogP contribution >= 0.6 is 23.2 Å². The number of pyridine rings is 1. The number of methoxy groups -OCH3 is 1. The number of aromatic nitrogens is 1. The third-order valence-electron chi connectivity index (χ3n) is 5.47. The zero-order valence-electron chi connectivity index (χ0n) is 18.6. The predicted molar refractivity (Wildman–Crippen MR) is 134 cm³/mol. The average Bonchev–Trinajstić information content (AvgIpc) is 3.27. The minimum absolute atomic E-state index is 0.0443. The van der Waals surface area contributed by atoms with E-state index >= 15 is 0 Å². The molecule has 0 radical (unpaired) electrons. The Morgan fingerprint density at radius 3 is 2.47 bits per heavy atom. The first-order valence-corrected chi connectivity index (χ1v) is 11.3. The molecular formula is C25H22Cl2N4O3. The van der Waals surface area contributed by atoms with E-state index < -0.39 is 5.91 Å². The van der Waals surface area contributed by atoms with Gasteiger partial charge in [0.1, 0.15) is 17.4 Å². The van der Waals surface area contributed by atoms with Crippen LogP contribution in [0.4, 0.5) is 5.82 Å². The number of carbonyl (C=O) groups is 2. The smallest absolute Gasteiger partial charge is 0.257 e. The highest BCUT2D eigenvalue weighted by Crippen LogP contribution is 2.30. The van der Waals surface area contributed by atoms with E-state index in [1.54, 1.807) is 30.3 Å². The topological polar surface area (TPSA) is 83.9 Å². The first kappa shape index (κ1) is 23.7. The predicted octanol–water partition coefficient (Wildman–Crippen LogP) is 4.77. The van der Waals surface area contributed by atoms with Crippen LogP contribution in [0.25, 0.3) is 0 Å². The van der Waals surface area contributed by atoms with Crippen LogP contribution in [-0.4, -0.2) is 54.7 Å². The summed E-state index contributed by atoms with van der Waals surface area (Å²) in [6.45, 7) is 1.64. The monoisotopic (exact) mass is 496 g/mol. The van der Waals surface area contributed by atoms with Crippen molar-refractivity contribution >= 4 is 46.5 Å². The van der Waals surface area contributed by atoms with E-state index in [0.717, 1.165) is 24.5 Å². The second-order valence-corrected chi connectivity index (χ2v) is 8.63. The number of likely N-dealkylation sites (N-methyl/N-ethyl adjacent to an activating group) is 1.